The Morgan fingerprint density at radius 2 is 2.25 bits per heavy atom. The lowest BCUT2D eigenvalue weighted by Gasteiger charge is -2.02. The standard InChI is InChI=1S/C13H12O3/c1-3-13(2)11(16-13)9-15-12(14)10-7-5-4-6-8-10/h1,4-8,11H,9H2,2H3/t11-,13-/m1/s1. The Balaban J connectivity index is 1.85. The topological polar surface area (TPSA) is 38.8 Å². The molecule has 1 aliphatic heterocycles. The molecule has 0 radical (unpaired) electrons. The Kier molecular flexibility index (Phi) is 2.67. The number of esters is 1. The molecule has 3 nitrogen and oxygen atoms in total. The maximum Gasteiger partial charge on any atom is 0.338 e. The zero-order chi connectivity index (χ0) is 11.6. The summed E-state index contributed by atoms with van der Waals surface area (Å²) >= 11 is 0. The van der Waals surface area contributed by atoms with Crippen molar-refractivity contribution in [2.45, 2.75) is 18.6 Å². The highest BCUT2D eigenvalue weighted by Gasteiger charge is 2.51. The fraction of sp³-hybridized carbons (Fsp3) is 0.308. The summed E-state index contributed by atoms with van der Waals surface area (Å²) in [6, 6.07) is 8.83. The van der Waals surface area contributed by atoms with Crippen LogP contribution in [0.2, 0.25) is 0 Å². The monoisotopic (exact) mass is 216 g/mol. The lowest BCUT2D eigenvalue weighted by atomic mass is 10.1. The highest BCUT2D eigenvalue weighted by atomic mass is 16.6. The maximum absolute atomic E-state index is 11.5. The molecule has 0 spiro atoms. The molecule has 1 aromatic carbocycles. The normalized spacial score (nSPS) is 26.9. The molecule has 2 atom stereocenters. The van der Waals surface area contributed by atoms with Gasteiger partial charge in [-0.1, -0.05) is 24.1 Å². The largest absolute Gasteiger partial charge is 0.459 e. The average Bonchev–Trinajstić information content (AvgIpc) is 2.99. The van der Waals surface area contributed by atoms with Gasteiger partial charge in [0.1, 0.15) is 12.7 Å². The summed E-state index contributed by atoms with van der Waals surface area (Å²) in [5.41, 5.74) is -0.0256. The smallest absolute Gasteiger partial charge is 0.338 e. The summed E-state index contributed by atoms with van der Waals surface area (Å²) < 4.78 is 10.3. The van der Waals surface area contributed by atoms with E-state index in [1.165, 1.54) is 0 Å². The van der Waals surface area contributed by atoms with E-state index in [0.717, 1.165) is 0 Å². The molecule has 1 aliphatic rings. The van der Waals surface area contributed by atoms with Crippen molar-refractivity contribution in [2.24, 2.45) is 0 Å². The SMILES string of the molecule is C#C[C@@]1(C)O[C@@H]1COC(=O)c1ccccc1. The Labute approximate surface area is 94.4 Å². The van der Waals surface area contributed by atoms with Gasteiger partial charge in [-0.05, 0) is 19.1 Å². The molecule has 3 heteroatoms. The highest BCUT2D eigenvalue weighted by Crippen LogP contribution is 2.35. The second-order valence-corrected chi connectivity index (χ2v) is 3.82. The molecule has 0 aliphatic carbocycles. The first-order valence-electron chi connectivity index (χ1n) is 5.03. The van der Waals surface area contributed by atoms with Gasteiger partial charge in [-0.2, -0.15) is 0 Å². The summed E-state index contributed by atoms with van der Waals surface area (Å²) in [6.07, 6.45) is 5.08. The van der Waals surface area contributed by atoms with E-state index in [-0.39, 0.29) is 18.7 Å². The Morgan fingerprint density at radius 3 is 2.81 bits per heavy atom. The number of ether oxygens (including phenoxy) is 2. The number of rotatable bonds is 3. The Morgan fingerprint density at radius 1 is 1.56 bits per heavy atom. The third kappa shape index (κ3) is 2.07. The second kappa shape index (κ2) is 3.99. The molecule has 1 fully saturated rings. The van der Waals surface area contributed by atoms with Crippen LogP contribution in [-0.4, -0.2) is 24.3 Å². The molecule has 0 N–H and O–H groups in total. The van der Waals surface area contributed by atoms with Crippen LogP contribution < -0.4 is 0 Å². The van der Waals surface area contributed by atoms with Gasteiger partial charge in [-0.25, -0.2) is 4.79 Å². The van der Waals surface area contributed by atoms with Crippen molar-refractivity contribution < 1.29 is 14.3 Å². The number of terminal acetylenes is 1. The minimum Gasteiger partial charge on any atom is -0.459 e. The molecule has 0 amide bonds. The van der Waals surface area contributed by atoms with Crippen molar-refractivity contribution in [3.63, 3.8) is 0 Å². The third-order valence-corrected chi connectivity index (χ3v) is 2.61. The molecule has 0 unspecified atom stereocenters. The minimum absolute atomic E-state index is 0.176. The summed E-state index contributed by atoms with van der Waals surface area (Å²) in [5.74, 6) is 2.16. The van der Waals surface area contributed by atoms with Gasteiger partial charge in [-0.15, -0.1) is 6.42 Å². The first-order valence-corrected chi connectivity index (χ1v) is 5.03. The fourth-order valence-electron chi connectivity index (χ4n) is 1.39. The van der Waals surface area contributed by atoms with E-state index in [1.54, 1.807) is 31.2 Å². The molecule has 1 heterocycles. The molecule has 2 rings (SSSR count). The van der Waals surface area contributed by atoms with Gasteiger partial charge >= 0.3 is 5.97 Å². The van der Waals surface area contributed by atoms with Crippen LogP contribution in [0.4, 0.5) is 0 Å². The van der Waals surface area contributed by atoms with Crippen LogP contribution in [-0.2, 0) is 9.47 Å². The molecule has 0 bridgehead atoms. The molecule has 82 valence electrons. The van der Waals surface area contributed by atoms with Crippen molar-refractivity contribution >= 4 is 5.97 Å². The van der Waals surface area contributed by atoms with E-state index < -0.39 is 5.60 Å². The average molecular weight is 216 g/mol. The van der Waals surface area contributed by atoms with E-state index in [4.69, 9.17) is 15.9 Å². The zero-order valence-electron chi connectivity index (χ0n) is 8.97. The lowest BCUT2D eigenvalue weighted by Crippen LogP contribution is -2.15. The van der Waals surface area contributed by atoms with Gasteiger partial charge in [0.05, 0.1) is 5.56 Å². The van der Waals surface area contributed by atoms with E-state index in [1.807, 2.05) is 6.07 Å². The number of hydrogen-bond donors (Lipinski definition) is 0. The molecule has 1 saturated heterocycles. The molecule has 0 aromatic heterocycles. The van der Waals surface area contributed by atoms with Crippen LogP contribution in [0.5, 0.6) is 0 Å². The van der Waals surface area contributed by atoms with Crippen molar-refractivity contribution in [1.29, 1.82) is 0 Å². The number of hydrogen-bond acceptors (Lipinski definition) is 3. The number of benzene rings is 1. The molecule has 0 saturated carbocycles. The number of epoxide rings is 1. The van der Waals surface area contributed by atoms with Gasteiger partial charge in [0.2, 0.25) is 0 Å². The van der Waals surface area contributed by atoms with Crippen LogP contribution >= 0.6 is 0 Å². The lowest BCUT2D eigenvalue weighted by molar-refractivity contribution is 0.0476. The summed E-state index contributed by atoms with van der Waals surface area (Å²) in [6.45, 7) is 2.00. The number of carbonyl (C=O) groups is 1. The fourth-order valence-corrected chi connectivity index (χ4v) is 1.39. The van der Waals surface area contributed by atoms with Crippen LogP contribution in [0.25, 0.3) is 0 Å². The van der Waals surface area contributed by atoms with Crippen LogP contribution in [0.15, 0.2) is 30.3 Å². The maximum atomic E-state index is 11.5. The van der Waals surface area contributed by atoms with E-state index in [2.05, 4.69) is 5.92 Å². The minimum atomic E-state index is -0.559. The third-order valence-electron chi connectivity index (χ3n) is 2.61. The Hall–Kier alpha value is -1.79. The van der Waals surface area contributed by atoms with Gasteiger partial charge in [0, 0.05) is 0 Å². The predicted octanol–water partition coefficient (Wildman–Crippen LogP) is 1.63. The molecule has 1 aromatic rings. The van der Waals surface area contributed by atoms with E-state index >= 15 is 0 Å². The van der Waals surface area contributed by atoms with Crippen LogP contribution in [0.3, 0.4) is 0 Å². The van der Waals surface area contributed by atoms with Crippen molar-refractivity contribution in [1.82, 2.24) is 0 Å². The number of carbonyl (C=O) groups excluding carboxylic acids is 1. The summed E-state index contributed by atoms with van der Waals surface area (Å²) in [7, 11) is 0. The molecular formula is C13H12O3. The van der Waals surface area contributed by atoms with Crippen molar-refractivity contribution in [3.05, 3.63) is 35.9 Å². The van der Waals surface area contributed by atoms with Gasteiger partial charge in [0.25, 0.3) is 0 Å². The van der Waals surface area contributed by atoms with E-state index in [0.29, 0.717) is 5.56 Å². The first kappa shape index (κ1) is 10.7. The highest BCUT2D eigenvalue weighted by molar-refractivity contribution is 5.89. The molecular weight excluding hydrogens is 204 g/mol. The van der Waals surface area contributed by atoms with Gasteiger partial charge in [-0.3, -0.25) is 0 Å². The summed E-state index contributed by atoms with van der Waals surface area (Å²) in [5, 5.41) is 0. The van der Waals surface area contributed by atoms with E-state index in [9.17, 15) is 4.79 Å². The van der Waals surface area contributed by atoms with Gasteiger partial charge in [0.15, 0.2) is 5.60 Å². The van der Waals surface area contributed by atoms with Crippen molar-refractivity contribution in [2.75, 3.05) is 6.61 Å². The van der Waals surface area contributed by atoms with Gasteiger partial charge < -0.3 is 9.47 Å². The Bertz CT molecular complexity index is 432. The quantitative estimate of drug-likeness (QED) is 0.438. The predicted molar refractivity (Wildman–Crippen MR) is 58.8 cm³/mol. The van der Waals surface area contributed by atoms with Crippen LogP contribution in [0.1, 0.15) is 17.3 Å². The summed E-state index contributed by atoms with van der Waals surface area (Å²) in [4.78, 5) is 11.5. The molecule has 16 heavy (non-hydrogen) atoms. The zero-order valence-corrected chi connectivity index (χ0v) is 8.97. The second-order valence-electron chi connectivity index (χ2n) is 3.82. The van der Waals surface area contributed by atoms with Crippen LogP contribution in [0, 0.1) is 12.3 Å². The van der Waals surface area contributed by atoms with Crippen molar-refractivity contribution in [3.8, 4) is 12.3 Å². The first-order chi connectivity index (χ1) is 7.65.